The Kier molecular flexibility index (Phi) is 7.23. The number of nitrogen functional groups attached to an aromatic ring is 1. The Bertz CT molecular complexity index is 1350. The number of methoxy groups -OCH3 is 1. The summed E-state index contributed by atoms with van der Waals surface area (Å²) in [5.74, 6) is 2.30. The quantitative estimate of drug-likeness (QED) is 0.255. The molecule has 3 N–H and O–H groups in total. The van der Waals surface area contributed by atoms with Crippen LogP contribution in [0.3, 0.4) is 0 Å². The highest BCUT2D eigenvalue weighted by Crippen LogP contribution is 2.35. The van der Waals surface area contributed by atoms with Gasteiger partial charge in [0.25, 0.3) is 0 Å². The van der Waals surface area contributed by atoms with Gasteiger partial charge >= 0.3 is 6.18 Å². The van der Waals surface area contributed by atoms with Crippen molar-refractivity contribution in [3.8, 4) is 17.2 Å². The molecule has 2 aromatic heterocycles. The summed E-state index contributed by atoms with van der Waals surface area (Å²) in [6.07, 6.45) is -0.0124. The van der Waals surface area contributed by atoms with Gasteiger partial charge in [-0.15, -0.1) is 0 Å². The van der Waals surface area contributed by atoms with Gasteiger partial charge in [0, 0.05) is 23.7 Å². The number of halogens is 3. The number of alkyl halides is 3. The maximum atomic E-state index is 13.2. The highest BCUT2D eigenvalue weighted by atomic mass is 19.4. The van der Waals surface area contributed by atoms with Gasteiger partial charge in [-0.2, -0.15) is 13.2 Å². The molecule has 0 aliphatic rings. The molecule has 2 heterocycles. The Morgan fingerprint density at radius 1 is 0.944 bits per heavy atom. The van der Waals surface area contributed by atoms with Crippen molar-refractivity contribution in [3.63, 3.8) is 0 Å². The lowest BCUT2D eigenvalue weighted by Gasteiger charge is -2.15. The van der Waals surface area contributed by atoms with Crippen LogP contribution < -0.4 is 25.3 Å². The summed E-state index contributed by atoms with van der Waals surface area (Å²) in [5, 5.41) is 3.70. The van der Waals surface area contributed by atoms with Gasteiger partial charge in [-0.1, -0.05) is 0 Å². The first-order chi connectivity index (χ1) is 17.2. The van der Waals surface area contributed by atoms with E-state index < -0.39 is 11.7 Å². The summed E-state index contributed by atoms with van der Waals surface area (Å²) in [6.45, 7) is 2.22. The van der Waals surface area contributed by atoms with Crippen molar-refractivity contribution < 1.29 is 27.4 Å². The predicted molar refractivity (Wildman–Crippen MR) is 127 cm³/mol. The predicted octanol–water partition coefficient (Wildman–Crippen LogP) is 4.41. The zero-order chi connectivity index (χ0) is 25.7. The third-order valence-corrected chi connectivity index (χ3v) is 5.04. The number of nitrogens with two attached hydrogens (primary N) is 1. The van der Waals surface area contributed by atoms with Gasteiger partial charge < -0.3 is 25.3 Å². The van der Waals surface area contributed by atoms with Gasteiger partial charge in [0.2, 0.25) is 0 Å². The lowest BCUT2D eigenvalue weighted by molar-refractivity contribution is -0.137. The summed E-state index contributed by atoms with van der Waals surface area (Å²) in [5.41, 5.74) is 5.84. The van der Waals surface area contributed by atoms with Crippen LogP contribution in [0.25, 0.3) is 10.9 Å². The number of fused-ring (bicyclic) bond motifs is 1. The molecule has 0 saturated carbocycles. The summed E-state index contributed by atoms with van der Waals surface area (Å²) >= 11 is 0. The van der Waals surface area contributed by atoms with E-state index in [1.54, 1.807) is 31.5 Å². The fourth-order valence-electron chi connectivity index (χ4n) is 3.50. The first kappa shape index (κ1) is 24.8. The minimum atomic E-state index is -4.50. The molecular formula is C24H23F3N6O3. The lowest BCUT2D eigenvalue weighted by atomic mass is 10.1. The highest BCUT2D eigenvalue weighted by Gasteiger charge is 2.31. The summed E-state index contributed by atoms with van der Waals surface area (Å²) in [4.78, 5) is 16.6. The van der Waals surface area contributed by atoms with E-state index in [1.165, 1.54) is 19.5 Å². The molecule has 0 amide bonds. The molecule has 0 radical (unpaired) electrons. The maximum Gasteiger partial charge on any atom is 0.416 e. The number of hydrogen-bond acceptors (Lipinski definition) is 9. The molecule has 0 bridgehead atoms. The van der Waals surface area contributed by atoms with Crippen molar-refractivity contribution in [1.82, 2.24) is 19.9 Å². The lowest BCUT2D eigenvalue weighted by Crippen LogP contribution is -2.10. The van der Waals surface area contributed by atoms with Gasteiger partial charge in [0.05, 0.1) is 30.6 Å². The van der Waals surface area contributed by atoms with Crippen molar-refractivity contribution in [2.45, 2.75) is 19.6 Å². The number of aromatic nitrogens is 4. The number of aryl methyl sites for hydroxylation is 1. The molecule has 12 heteroatoms. The fraction of sp³-hybridized carbons (Fsp3) is 0.250. The van der Waals surface area contributed by atoms with Crippen LogP contribution in [-0.2, 0) is 12.7 Å². The molecule has 36 heavy (non-hydrogen) atoms. The smallest absolute Gasteiger partial charge is 0.416 e. The average Bonchev–Trinajstić information content (AvgIpc) is 2.84. The van der Waals surface area contributed by atoms with Gasteiger partial charge in [0.15, 0.2) is 17.2 Å². The van der Waals surface area contributed by atoms with Crippen molar-refractivity contribution in [2.75, 3.05) is 31.4 Å². The SMILES string of the molecule is COc1cc2nc(C)nc(NCc3cc(N)cc(C(F)(F)F)c3)c2cc1OCCOc1cncnc1. The minimum Gasteiger partial charge on any atom is -0.493 e. The largest absolute Gasteiger partial charge is 0.493 e. The van der Waals surface area contributed by atoms with Gasteiger partial charge in [-0.3, -0.25) is 0 Å². The minimum absolute atomic E-state index is 0.0232. The van der Waals surface area contributed by atoms with Gasteiger partial charge in [-0.05, 0) is 36.8 Å². The van der Waals surface area contributed by atoms with E-state index in [-0.39, 0.29) is 25.4 Å². The first-order valence-electron chi connectivity index (χ1n) is 10.8. The second kappa shape index (κ2) is 10.5. The highest BCUT2D eigenvalue weighted by molar-refractivity contribution is 5.91. The van der Waals surface area contributed by atoms with Gasteiger partial charge in [0.1, 0.15) is 31.2 Å². The maximum absolute atomic E-state index is 13.2. The van der Waals surface area contributed by atoms with Crippen LogP contribution in [0.2, 0.25) is 0 Å². The number of benzene rings is 2. The Labute approximate surface area is 204 Å². The van der Waals surface area contributed by atoms with Crippen LogP contribution in [-0.4, -0.2) is 40.3 Å². The average molecular weight is 500 g/mol. The van der Waals surface area contributed by atoms with E-state index >= 15 is 0 Å². The molecule has 188 valence electrons. The van der Waals surface area contributed by atoms with Crippen molar-refractivity contribution in [2.24, 2.45) is 0 Å². The first-order valence-corrected chi connectivity index (χ1v) is 10.8. The van der Waals surface area contributed by atoms with Crippen LogP contribution in [0, 0.1) is 6.92 Å². The Hall–Kier alpha value is -4.35. The molecule has 0 fully saturated rings. The summed E-state index contributed by atoms with van der Waals surface area (Å²) in [7, 11) is 1.51. The molecule has 0 saturated heterocycles. The van der Waals surface area contributed by atoms with Crippen LogP contribution in [0.4, 0.5) is 24.7 Å². The number of anilines is 2. The molecule has 4 aromatic rings. The van der Waals surface area contributed by atoms with Crippen molar-refractivity contribution in [1.29, 1.82) is 0 Å². The standard InChI is InChI=1S/C24H23F3N6O3/c1-14-32-20-9-21(34-2)22(36-4-3-35-18-11-29-13-30-12-18)8-19(20)23(33-14)31-10-15-5-16(24(25,26)27)7-17(28)6-15/h5-9,11-13H,3-4,10,28H2,1-2H3,(H,31,32,33). The molecule has 0 unspecified atom stereocenters. The number of hydrogen-bond donors (Lipinski definition) is 2. The second-order valence-electron chi connectivity index (χ2n) is 7.73. The topological polar surface area (TPSA) is 117 Å². The number of nitrogens with zero attached hydrogens (tertiary/aromatic N) is 4. The second-order valence-corrected chi connectivity index (χ2v) is 7.73. The van der Waals surface area contributed by atoms with E-state index in [4.69, 9.17) is 19.9 Å². The monoisotopic (exact) mass is 500 g/mol. The van der Waals surface area contributed by atoms with E-state index in [0.29, 0.717) is 45.4 Å². The number of rotatable bonds is 9. The fourth-order valence-corrected chi connectivity index (χ4v) is 3.50. The third kappa shape index (κ3) is 6.01. The molecule has 0 atom stereocenters. The third-order valence-electron chi connectivity index (χ3n) is 5.04. The molecule has 0 aliphatic carbocycles. The van der Waals surface area contributed by atoms with Crippen LogP contribution >= 0.6 is 0 Å². The Balaban J connectivity index is 1.55. The van der Waals surface area contributed by atoms with Crippen molar-refractivity contribution in [3.05, 3.63) is 66.0 Å². The van der Waals surface area contributed by atoms with E-state index in [0.717, 1.165) is 12.1 Å². The molecule has 4 rings (SSSR count). The summed E-state index contributed by atoms with van der Waals surface area (Å²) in [6, 6.07) is 6.85. The van der Waals surface area contributed by atoms with Crippen LogP contribution in [0.15, 0.2) is 49.1 Å². The zero-order valence-corrected chi connectivity index (χ0v) is 19.5. The normalized spacial score (nSPS) is 11.4. The molecule has 9 nitrogen and oxygen atoms in total. The van der Waals surface area contributed by atoms with E-state index in [2.05, 4.69) is 25.3 Å². The van der Waals surface area contributed by atoms with Crippen LogP contribution in [0.5, 0.6) is 17.2 Å². The van der Waals surface area contributed by atoms with E-state index in [9.17, 15) is 13.2 Å². The van der Waals surface area contributed by atoms with Crippen molar-refractivity contribution >= 4 is 22.4 Å². The zero-order valence-electron chi connectivity index (χ0n) is 19.5. The Morgan fingerprint density at radius 2 is 1.69 bits per heavy atom. The number of ether oxygens (including phenoxy) is 3. The molecule has 0 spiro atoms. The van der Waals surface area contributed by atoms with E-state index in [1.807, 2.05) is 0 Å². The molecule has 0 aliphatic heterocycles. The Morgan fingerprint density at radius 3 is 2.42 bits per heavy atom. The molecular weight excluding hydrogens is 477 g/mol. The number of nitrogens with one attached hydrogen (secondary N) is 1. The van der Waals surface area contributed by atoms with Crippen LogP contribution in [0.1, 0.15) is 17.0 Å². The molecule has 2 aromatic carbocycles. The summed E-state index contributed by atoms with van der Waals surface area (Å²) < 4.78 is 56.4. The van der Waals surface area contributed by atoms with Gasteiger partial charge in [-0.25, -0.2) is 19.9 Å².